The number of aromatic nitrogens is 3. The summed E-state index contributed by atoms with van der Waals surface area (Å²) in [6.07, 6.45) is 2.77. The smallest absolute Gasteiger partial charge is 0.263 e. The normalized spacial score (nSPS) is 11.9. The largest absolute Gasteiger partial charge is 0.494 e. The van der Waals surface area contributed by atoms with Crippen molar-refractivity contribution < 1.29 is 17.9 Å². The van der Waals surface area contributed by atoms with Gasteiger partial charge in [0.1, 0.15) is 16.0 Å². The number of para-hydroxylation sites is 2. The molecule has 0 aliphatic carbocycles. The number of aromatic amines is 1. The Balaban J connectivity index is 1.61. The van der Waals surface area contributed by atoms with Gasteiger partial charge >= 0.3 is 0 Å². The number of benzene rings is 2. The molecule has 3 N–H and O–H groups in total. The third-order valence-electron chi connectivity index (χ3n) is 4.48. The molecule has 144 valence electrons. The number of hydrogen-bond acceptors (Lipinski definition) is 6. The van der Waals surface area contributed by atoms with Crippen LogP contribution in [-0.4, -0.2) is 28.5 Å². The summed E-state index contributed by atoms with van der Waals surface area (Å²) in [4.78, 5) is 11.2. The van der Waals surface area contributed by atoms with Crippen LogP contribution in [0.2, 0.25) is 0 Å². The lowest BCUT2D eigenvalue weighted by molar-refractivity contribution is 0.457. The van der Waals surface area contributed by atoms with Crippen LogP contribution in [0.4, 0.5) is 5.69 Å². The van der Waals surface area contributed by atoms with Crippen molar-refractivity contribution in [1.82, 2.24) is 15.0 Å². The summed E-state index contributed by atoms with van der Waals surface area (Å²) >= 11 is 0. The number of pyridine rings is 1. The van der Waals surface area contributed by atoms with E-state index in [1.165, 1.54) is 18.5 Å². The predicted molar refractivity (Wildman–Crippen MR) is 108 cm³/mol. The van der Waals surface area contributed by atoms with Gasteiger partial charge in [-0.15, -0.1) is 0 Å². The summed E-state index contributed by atoms with van der Waals surface area (Å²) in [5.41, 5.74) is 2.55. The van der Waals surface area contributed by atoms with Gasteiger partial charge in [-0.2, -0.15) is 0 Å². The molecule has 5 rings (SSSR count). The van der Waals surface area contributed by atoms with Crippen molar-refractivity contribution in [3.05, 3.63) is 67.0 Å². The van der Waals surface area contributed by atoms with Crippen molar-refractivity contribution in [2.24, 2.45) is 0 Å². The highest BCUT2D eigenvalue weighted by Gasteiger charge is 2.20. The van der Waals surface area contributed by atoms with Crippen LogP contribution in [0.1, 0.15) is 0 Å². The fraction of sp³-hybridized carbons (Fsp3) is 0. The van der Waals surface area contributed by atoms with Crippen LogP contribution in [0.3, 0.4) is 0 Å². The molecule has 0 aliphatic rings. The minimum atomic E-state index is -3.80. The number of nitrogens with zero attached hydrogens (tertiary/aromatic N) is 2. The summed E-state index contributed by atoms with van der Waals surface area (Å²) < 4.78 is 33.5. The number of fused-ring (bicyclic) bond motifs is 2. The third-order valence-corrected chi connectivity index (χ3v) is 5.85. The standard InChI is InChI=1S/C20H14N4O4S/c25-19-18(20-23-16-5-1-2-6-17(16)28-20)14-10-12(7-8-15(14)22-19)24-29(26,27)13-4-3-9-21-11-13/h1-11,22,24-25H. The van der Waals surface area contributed by atoms with Crippen LogP contribution in [0, 0.1) is 0 Å². The Morgan fingerprint density at radius 1 is 1.07 bits per heavy atom. The molecule has 0 amide bonds. The lowest BCUT2D eigenvalue weighted by atomic mass is 10.1. The molecule has 0 saturated carbocycles. The number of rotatable bonds is 4. The van der Waals surface area contributed by atoms with Crippen molar-refractivity contribution in [2.75, 3.05) is 4.72 Å². The quantitative estimate of drug-likeness (QED) is 0.416. The molecule has 0 bridgehead atoms. The van der Waals surface area contributed by atoms with E-state index in [0.717, 1.165) is 0 Å². The molecule has 3 aromatic heterocycles. The maximum absolute atomic E-state index is 12.6. The molecule has 0 spiro atoms. The van der Waals surface area contributed by atoms with E-state index in [0.29, 0.717) is 33.3 Å². The fourth-order valence-electron chi connectivity index (χ4n) is 3.16. The molecule has 0 fully saturated rings. The van der Waals surface area contributed by atoms with E-state index in [1.54, 1.807) is 30.3 Å². The molecular formula is C20H14N4O4S. The van der Waals surface area contributed by atoms with Gasteiger partial charge in [-0.1, -0.05) is 12.1 Å². The highest BCUT2D eigenvalue weighted by atomic mass is 32.2. The zero-order valence-corrected chi connectivity index (χ0v) is 15.6. The SMILES string of the molecule is O=S(=O)(Nc1ccc2[nH]c(O)c(-c3nc4ccccc4o3)c2c1)c1cccnc1. The Bertz CT molecular complexity index is 1420. The number of aromatic hydroxyl groups is 1. The van der Waals surface area contributed by atoms with E-state index in [2.05, 4.69) is 19.7 Å². The van der Waals surface area contributed by atoms with Crippen LogP contribution in [0.15, 0.2) is 76.3 Å². The van der Waals surface area contributed by atoms with Gasteiger partial charge in [0.05, 0.1) is 0 Å². The minimum Gasteiger partial charge on any atom is -0.494 e. The summed E-state index contributed by atoms with van der Waals surface area (Å²) in [6.45, 7) is 0. The topological polar surface area (TPSA) is 121 Å². The Kier molecular flexibility index (Phi) is 3.78. The first kappa shape index (κ1) is 17.3. The first-order valence-corrected chi connectivity index (χ1v) is 10.1. The van der Waals surface area contributed by atoms with Crippen LogP contribution < -0.4 is 4.72 Å². The third kappa shape index (κ3) is 2.97. The van der Waals surface area contributed by atoms with Crippen LogP contribution in [0.5, 0.6) is 5.88 Å². The first-order valence-electron chi connectivity index (χ1n) is 8.65. The maximum atomic E-state index is 12.6. The maximum Gasteiger partial charge on any atom is 0.263 e. The van der Waals surface area contributed by atoms with Crippen molar-refractivity contribution in [1.29, 1.82) is 0 Å². The van der Waals surface area contributed by atoms with Gasteiger partial charge in [-0.25, -0.2) is 13.4 Å². The van der Waals surface area contributed by atoms with Gasteiger partial charge in [-0.05, 0) is 42.5 Å². The minimum absolute atomic E-state index is 0.0520. The van der Waals surface area contributed by atoms with Crippen LogP contribution >= 0.6 is 0 Å². The highest BCUT2D eigenvalue weighted by Crippen LogP contribution is 2.38. The second-order valence-corrected chi connectivity index (χ2v) is 8.07. The molecule has 3 heterocycles. The average molecular weight is 406 g/mol. The molecule has 9 heteroatoms. The van der Waals surface area contributed by atoms with Gasteiger partial charge in [0.15, 0.2) is 5.58 Å². The average Bonchev–Trinajstić information content (AvgIpc) is 3.27. The second-order valence-electron chi connectivity index (χ2n) is 6.39. The van der Waals surface area contributed by atoms with E-state index in [-0.39, 0.29) is 16.7 Å². The lowest BCUT2D eigenvalue weighted by Gasteiger charge is -2.08. The van der Waals surface area contributed by atoms with Gasteiger partial charge in [0.2, 0.25) is 11.8 Å². The number of nitrogens with one attached hydrogen (secondary N) is 2. The summed E-state index contributed by atoms with van der Waals surface area (Å²) in [6, 6.07) is 15.2. The van der Waals surface area contributed by atoms with Crippen molar-refractivity contribution in [3.8, 4) is 17.3 Å². The van der Waals surface area contributed by atoms with Gasteiger partial charge in [0, 0.05) is 29.0 Å². The van der Waals surface area contributed by atoms with Crippen LogP contribution in [0.25, 0.3) is 33.5 Å². The fourth-order valence-corrected chi connectivity index (χ4v) is 4.17. The van der Waals surface area contributed by atoms with Crippen molar-refractivity contribution in [2.45, 2.75) is 4.90 Å². The Morgan fingerprint density at radius 3 is 2.72 bits per heavy atom. The molecule has 0 saturated heterocycles. The van der Waals surface area contributed by atoms with Gasteiger partial charge < -0.3 is 14.5 Å². The molecule has 0 aliphatic heterocycles. The Labute approximate surface area is 164 Å². The van der Waals surface area contributed by atoms with Gasteiger partial charge in [-0.3, -0.25) is 9.71 Å². The molecule has 0 radical (unpaired) electrons. The summed E-state index contributed by atoms with van der Waals surface area (Å²) in [5.74, 6) is 0.126. The lowest BCUT2D eigenvalue weighted by Crippen LogP contribution is -2.12. The monoisotopic (exact) mass is 406 g/mol. The number of oxazole rings is 1. The van der Waals surface area contributed by atoms with E-state index in [4.69, 9.17) is 4.42 Å². The number of anilines is 1. The van der Waals surface area contributed by atoms with E-state index < -0.39 is 10.0 Å². The summed E-state index contributed by atoms with van der Waals surface area (Å²) in [7, 11) is -3.80. The van der Waals surface area contributed by atoms with Crippen LogP contribution in [-0.2, 0) is 10.0 Å². The Morgan fingerprint density at radius 2 is 1.93 bits per heavy atom. The van der Waals surface area contributed by atoms with E-state index in [1.807, 2.05) is 18.2 Å². The van der Waals surface area contributed by atoms with E-state index in [9.17, 15) is 13.5 Å². The molecule has 2 aromatic carbocycles. The van der Waals surface area contributed by atoms with Crippen molar-refractivity contribution in [3.63, 3.8) is 0 Å². The second kappa shape index (κ2) is 6.35. The number of H-pyrrole nitrogens is 1. The zero-order chi connectivity index (χ0) is 20.0. The van der Waals surface area contributed by atoms with Crippen molar-refractivity contribution >= 4 is 37.7 Å². The number of hydrogen-bond donors (Lipinski definition) is 3. The van der Waals surface area contributed by atoms with E-state index >= 15 is 0 Å². The molecule has 29 heavy (non-hydrogen) atoms. The molecule has 0 unspecified atom stereocenters. The molecule has 5 aromatic rings. The Hall–Kier alpha value is -3.85. The first-order chi connectivity index (χ1) is 14.0. The molecular weight excluding hydrogens is 392 g/mol. The molecule has 8 nitrogen and oxygen atoms in total. The van der Waals surface area contributed by atoms with Gasteiger partial charge in [0.25, 0.3) is 10.0 Å². The highest BCUT2D eigenvalue weighted by molar-refractivity contribution is 7.92. The summed E-state index contributed by atoms with van der Waals surface area (Å²) in [5, 5.41) is 11.0. The number of sulfonamides is 1. The zero-order valence-electron chi connectivity index (χ0n) is 14.8. The molecule has 0 atom stereocenters. The predicted octanol–water partition coefficient (Wildman–Crippen LogP) is 3.88.